The highest BCUT2D eigenvalue weighted by molar-refractivity contribution is 7.09. The van der Waals surface area contributed by atoms with Gasteiger partial charge in [-0.25, -0.2) is 4.98 Å². The summed E-state index contributed by atoms with van der Waals surface area (Å²) in [5.41, 5.74) is 3.66. The highest BCUT2D eigenvalue weighted by Crippen LogP contribution is 2.14. The largest absolute Gasteiger partial charge is 0.271 e. The van der Waals surface area contributed by atoms with Crippen molar-refractivity contribution in [3.8, 4) is 0 Å². The first-order chi connectivity index (χ1) is 4.74. The predicted molar refractivity (Wildman–Crippen MR) is 42.6 cm³/mol. The molecular formula is C6H11N3S. The van der Waals surface area contributed by atoms with E-state index in [4.69, 9.17) is 5.84 Å². The number of hydrogen-bond acceptors (Lipinski definition) is 4. The fourth-order valence-corrected chi connectivity index (χ4v) is 1.37. The van der Waals surface area contributed by atoms with Crippen LogP contribution in [0, 0.1) is 6.92 Å². The summed E-state index contributed by atoms with van der Waals surface area (Å²) in [6.45, 7) is 3.96. The van der Waals surface area contributed by atoms with Gasteiger partial charge in [-0.3, -0.25) is 11.3 Å². The zero-order valence-corrected chi connectivity index (χ0v) is 6.90. The molecule has 0 saturated heterocycles. The summed E-state index contributed by atoms with van der Waals surface area (Å²) >= 11 is 1.64. The van der Waals surface area contributed by atoms with E-state index in [1.54, 1.807) is 11.3 Å². The SMILES string of the molecule is Cc1nc(C(C)NN)cs1. The first kappa shape index (κ1) is 7.65. The van der Waals surface area contributed by atoms with Gasteiger partial charge < -0.3 is 0 Å². The molecule has 0 aliphatic carbocycles. The maximum atomic E-state index is 5.23. The first-order valence-electron chi connectivity index (χ1n) is 3.12. The molecular weight excluding hydrogens is 146 g/mol. The van der Waals surface area contributed by atoms with Gasteiger partial charge in [-0.2, -0.15) is 0 Å². The second kappa shape index (κ2) is 3.09. The lowest BCUT2D eigenvalue weighted by Gasteiger charge is -2.03. The average Bonchev–Trinajstić information content (AvgIpc) is 2.34. The van der Waals surface area contributed by atoms with Crippen molar-refractivity contribution in [3.63, 3.8) is 0 Å². The van der Waals surface area contributed by atoms with Crippen LogP contribution in [0.2, 0.25) is 0 Å². The smallest absolute Gasteiger partial charge is 0.0898 e. The molecule has 1 aromatic heterocycles. The van der Waals surface area contributed by atoms with Crippen molar-refractivity contribution in [2.45, 2.75) is 19.9 Å². The number of rotatable bonds is 2. The van der Waals surface area contributed by atoms with Gasteiger partial charge in [-0.15, -0.1) is 11.3 Å². The summed E-state index contributed by atoms with van der Waals surface area (Å²) in [4.78, 5) is 4.26. The van der Waals surface area contributed by atoms with Crippen LogP contribution in [0.25, 0.3) is 0 Å². The molecule has 0 aliphatic heterocycles. The minimum atomic E-state index is 0.157. The highest BCUT2D eigenvalue weighted by atomic mass is 32.1. The second-order valence-electron chi connectivity index (χ2n) is 2.18. The van der Waals surface area contributed by atoms with Crippen molar-refractivity contribution < 1.29 is 0 Å². The number of nitrogens with one attached hydrogen (secondary N) is 1. The number of aromatic nitrogens is 1. The van der Waals surface area contributed by atoms with E-state index >= 15 is 0 Å². The van der Waals surface area contributed by atoms with Crippen LogP contribution in [0.4, 0.5) is 0 Å². The molecule has 3 N–H and O–H groups in total. The van der Waals surface area contributed by atoms with Gasteiger partial charge in [0.15, 0.2) is 0 Å². The maximum Gasteiger partial charge on any atom is 0.0898 e. The number of hydrogen-bond donors (Lipinski definition) is 2. The molecule has 0 bridgehead atoms. The van der Waals surface area contributed by atoms with Gasteiger partial charge >= 0.3 is 0 Å². The lowest BCUT2D eigenvalue weighted by molar-refractivity contribution is 0.589. The number of aryl methyl sites for hydroxylation is 1. The molecule has 0 aliphatic rings. The Kier molecular flexibility index (Phi) is 2.37. The summed E-state index contributed by atoms with van der Waals surface area (Å²) in [6.07, 6.45) is 0. The number of thiazole rings is 1. The molecule has 0 saturated carbocycles. The van der Waals surface area contributed by atoms with Crippen molar-refractivity contribution in [1.82, 2.24) is 10.4 Å². The van der Waals surface area contributed by atoms with Crippen molar-refractivity contribution in [3.05, 3.63) is 16.1 Å². The van der Waals surface area contributed by atoms with E-state index in [0.29, 0.717) is 0 Å². The maximum absolute atomic E-state index is 5.23. The van der Waals surface area contributed by atoms with Gasteiger partial charge in [-0.05, 0) is 13.8 Å². The van der Waals surface area contributed by atoms with Crippen LogP contribution < -0.4 is 11.3 Å². The first-order valence-corrected chi connectivity index (χ1v) is 4.00. The Balaban J connectivity index is 2.74. The molecule has 0 amide bonds. The van der Waals surface area contributed by atoms with Crippen molar-refractivity contribution >= 4 is 11.3 Å². The van der Waals surface area contributed by atoms with Crippen molar-refractivity contribution in [2.75, 3.05) is 0 Å². The van der Waals surface area contributed by atoms with Crippen LogP contribution >= 0.6 is 11.3 Å². The molecule has 0 fully saturated rings. The summed E-state index contributed by atoms with van der Waals surface area (Å²) in [7, 11) is 0. The Bertz CT molecular complexity index is 209. The minimum absolute atomic E-state index is 0.157. The average molecular weight is 157 g/mol. The Morgan fingerprint density at radius 3 is 2.90 bits per heavy atom. The van der Waals surface area contributed by atoms with E-state index in [-0.39, 0.29) is 6.04 Å². The highest BCUT2D eigenvalue weighted by Gasteiger charge is 2.04. The molecule has 3 nitrogen and oxygen atoms in total. The normalized spacial score (nSPS) is 13.5. The molecule has 0 spiro atoms. The van der Waals surface area contributed by atoms with Crippen molar-refractivity contribution in [2.24, 2.45) is 5.84 Å². The van der Waals surface area contributed by atoms with E-state index in [1.807, 2.05) is 19.2 Å². The monoisotopic (exact) mass is 157 g/mol. The number of nitrogens with two attached hydrogens (primary N) is 1. The Labute approximate surface area is 64.2 Å². The molecule has 1 aromatic rings. The van der Waals surface area contributed by atoms with E-state index < -0.39 is 0 Å². The van der Waals surface area contributed by atoms with Crippen LogP contribution in [-0.2, 0) is 0 Å². The van der Waals surface area contributed by atoms with Gasteiger partial charge in [0.05, 0.1) is 16.7 Å². The molecule has 0 aromatic carbocycles. The van der Waals surface area contributed by atoms with E-state index in [0.717, 1.165) is 10.7 Å². The third kappa shape index (κ3) is 1.53. The minimum Gasteiger partial charge on any atom is -0.271 e. The predicted octanol–water partition coefficient (Wildman–Crippen LogP) is 0.976. The third-order valence-electron chi connectivity index (χ3n) is 1.33. The summed E-state index contributed by atoms with van der Waals surface area (Å²) in [5, 5.41) is 3.09. The molecule has 0 radical (unpaired) electrons. The fourth-order valence-electron chi connectivity index (χ4n) is 0.664. The molecule has 10 heavy (non-hydrogen) atoms. The molecule has 4 heteroatoms. The molecule has 1 rings (SSSR count). The Hall–Kier alpha value is -0.450. The standard InChI is InChI=1S/C6H11N3S/c1-4(9-7)6-3-10-5(2)8-6/h3-4,9H,7H2,1-2H3. The Morgan fingerprint density at radius 2 is 2.50 bits per heavy atom. The molecule has 1 atom stereocenters. The summed E-state index contributed by atoms with van der Waals surface area (Å²) in [6, 6.07) is 0.157. The fraction of sp³-hybridized carbons (Fsp3) is 0.500. The second-order valence-corrected chi connectivity index (χ2v) is 3.24. The van der Waals surface area contributed by atoms with Gasteiger partial charge in [0.2, 0.25) is 0 Å². The van der Waals surface area contributed by atoms with Crippen LogP contribution in [-0.4, -0.2) is 4.98 Å². The number of hydrazine groups is 1. The van der Waals surface area contributed by atoms with Gasteiger partial charge in [0.25, 0.3) is 0 Å². The summed E-state index contributed by atoms with van der Waals surface area (Å²) < 4.78 is 0. The van der Waals surface area contributed by atoms with E-state index in [9.17, 15) is 0 Å². The quantitative estimate of drug-likeness (QED) is 0.497. The van der Waals surface area contributed by atoms with Crippen molar-refractivity contribution in [1.29, 1.82) is 0 Å². The van der Waals surface area contributed by atoms with Gasteiger partial charge in [-0.1, -0.05) is 0 Å². The van der Waals surface area contributed by atoms with E-state index in [1.165, 1.54) is 0 Å². The lowest BCUT2D eigenvalue weighted by Crippen LogP contribution is -2.25. The van der Waals surface area contributed by atoms with Crippen LogP contribution in [0.3, 0.4) is 0 Å². The molecule has 1 heterocycles. The number of nitrogens with zero attached hydrogens (tertiary/aromatic N) is 1. The van der Waals surface area contributed by atoms with Crippen LogP contribution in [0.1, 0.15) is 23.7 Å². The molecule has 1 unspecified atom stereocenters. The third-order valence-corrected chi connectivity index (χ3v) is 2.12. The van der Waals surface area contributed by atoms with Gasteiger partial charge in [0, 0.05) is 5.38 Å². The zero-order valence-electron chi connectivity index (χ0n) is 6.09. The summed E-state index contributed by atoms with van der Waals surface area (Å²) in [5.74, 6) is 5.23. The molecule has 56 valence electrons. The topological polar surface area (TPSA) is 50.9 Å². The van der Waals surface area contributed by atoms with Gasteiger partial charge in [0.1, 0.15) is 0 Å². The lowest BCUT2D eigenvalue weighted by atomic mass is 10.3. The van der Waals surface area contributed by atoms with Crippen LogP contribution in [0.15, 0.2) is 5.38 Å². The van der Waals surface area contributed by atoms with E-state index in [2.05, 4.69) is 10.4 Å². The van der Waals surface area contributed by atoms with Crippen LogP contribution in [0.5, 0.6) is 0 Å². The zero-order chi connectivity index (χ0) is 7.56. The Morgan fingerprint density at radius 1 is 1.80 bits per heavy atom.